The standard InChI is InChI=1S/C17H15BrN3O.Ir/c1-11-5-4-6-12(2)15(11)21-16(19-20-17(21)18)13-7-9-14(22-3)10-8-13;/h4-7,9-10H,1-3H3;/q-1;. The summed E-state index contributed by atoms with van der Waals surface area (Å²) in [4.78, 5) is 0. The number of ether oxygens (including phenoxy) is 1. The van der Waals surface area contributed by atoms with E-state index >= 15 is 0 Å². The fourth-order valence-corrected chi connectivity index (χ4v) is 2.90. The van der Waals surface area contributed by atoms with Crippen LogP contribution >= 0.6 is 15.9 Å². The Labute approximate surface area is 157 Å². The van der Waals surface area contributed by atoms with Crippen LogP contribution in [0.4, 0.5) is 0 Å². The maximum absolute atomic E-state index is 5.18. The van der Waals surface area contributed by atoms with Crippen LogP contribution in [0.3, 0.4) is 0 Å². The van der Waals surface area contributed by atoms with Crippen molar-refractivity contribution in [2.45, 2.75) is 13.8 Å². The molecule has 1 radical (unpaired) electrons. The average molecular weight is 549 g/mol. The molecule has 1 aromatic heterocycles. The van der Waals surface area contributed by atoms with Crippen LogP contribution in [0.25, 0.3) is 17.1 Å². The number of para-hydroxylation sites is 1. The molecule has 3 aromatic rings. The summed E-state index contributed by atoms with van der Waals surface area (Å²) in [5.74, 6) is 1.51. The van der Waals surface area contributed by atoms with Gasteiger partial charge in [-0.15, -0.1) is 34.9 Å². The second-order valence-corrected chi connectivity index (χ2v) is 5.72. The minimum absolute atomic E-state index is 0. The summed E-state index contributed by atoms with van der Waals surface area (Å²) in [6, 6.07) is 15.0. The van der Waals surface area contributed by atoms with E-state index < -0.39 is 0 Å². The molecule has 0 unspecified atom stereocenters. The van der Waals surface area contributed by atoms with E-state index in [0.29, 0.717) is 4.73 Å². The zero-order chi connectivity index (χ0) is 15.7. The summed E-state index contributed by atoms with van der Waals surface area (Å²) in [7, 11) is 1.64. The van der Waals surface area contributed by atoms with Gasteiger partial charge in [-0.25, -0.2) is 0 Å². The molecule has 4 nitrogen and oxygen atoms in total. The summed E-state index contributed by atoms with van der Waals surface area (Å²) < 4.78 is 7.85. The summed E-state index contributed by atoms with van der Waals surface area (Å²) in [5.41, 5.74) is 4.27. The summed E-state index contributed by atoms with van der Waals surface area (Å²) >= 11 is 3.50. The van der Waals surface area contributed by atoms with Crippen molar-refractivity contribution >= 4 is 15.9 Å². The number of nitrogens with zero attached hydrogens (tertiary/aromatic N) is 3. The summed E-state index contributed by atoms with van der Waals surface area (Å²) in [5, 5.41) is 8.47. The molecular weight excluding hydrogens is 534 g/mol. The van der Waals surface area contributed by atoms with Crippen molar-refractivity contribution in [1.82, 2.24) is 14.8 Å². The minimum Gasteiger partial charge on any atom is -0.540 e. The van der Waals surface area contributed by atoms with E-state index in [9.17, 15) is 0 Å². The van der Waals surface area contributed by atoms with Gasteiger partial charge >= 0.3 is 0 Å². The third kappa shape index (κ3) is 3.39. The topological polar surface area (TPSA) is 39.9 Å². The third-order valence-electron chi connectivity index (χ3n) is 3.55. The maximum Gasteiger partial charge on any atom is 0.195 e. The Morgan fingerprint density at radius 2 is 1.78 bits per heavy atom. The van der Waals surface area contributed by atoms with Gasteiger partial charge in [0.25, 0.3) is 0 Å². The molecule has 0 bridgehead atoms. The van der Waals surface area contributed by atoms with E-state index in [2.05, 4.69) is 58.2 Å². The third-order valence-corrected chi connectivity index (χ3v) is 4.06. The molecule has 0 atom stereocenters. The van der Waals surface area contributed by atoms with Crippen LogP contribution in [0.5, 0.6) is 5.75 Å². The summed E-state index contributed by atoms with van der Waals surface area (Å²) in [6.07, 6.45) is 0. The van der Waals surface area contributed by atoms with Gasteiger partial charge in [-0.05, 0) is 40.9 Å². The molecule has 0 aliphatic heterocycles. The maximum atomic E-state index is 5.18. The van der Waals surface area contributed by atoms with Crippen LogP contribution in [-0.2, 0) is 20.1 Å². The van der Waals surface area contributed by atoms with Gasteiger partial charge in [0.2, 0.25) is 0 Å². The average Bonchev–Trinajstić information content (AvgIpc) is 2.89. The fraction of sp³-hybridized carbons (Fsp3) is 0.176. The van der Waals surface area contributed by atoms with Gasteiger partial charge in [-0.2, -0.15) is 5.10 Å². The number of hydrogen-bond donors (Lipinski definition) is 0. The van der Waals surface area contributed by atoms with Gasteiger partial charge < -0.3 is 9.30 Å². The Hall–Kier alpha value is -1.49. The molecular formula is C17H15BrIrN3O-. The molecule has 2 aromatic carbocycles. The first-order valence-corrected chi connectivity index (χ1v) is 7.64. The largest absolute Gasteiger partial charge is 0.540 e. The number of methoxy groups -OCH3 is 1. The molecule has 0 saturated heterocycles. The minimum atomic E-state index is 0. The molecule has 6 heteroatoms. The van der Waals surface area contributed by atoms with Gasteiger partial charge in [0, 0.05) is 31.5 Å². The molecule has 0 saturated carbocycles. The summed E-state index contributed by atoms with van der Waals surface area (Å²) in [6.45, 7) is 4.16. The van der Waals surface area contributed by atoms with Crippen LogP contribution in [0.15, 0.2) is 41.1 Å². The van der Waals surface area contributed by atoms with Crippen LogP contribution in [0.2, 0.25) is 0 Å². The normalized spacial score (nSPS) is 10.3. The van der Waals surface area contributed by atoms with Crippen LogP contribution in [0, 0.1) is 19.9 Å². The number of benzene rings is 2. The van der Waals surface area contributed by atoms with Gasteiger partial charge in [0.15, 0.2) is 4.73 Å². The van der Waals surface area contributed by atoms with Crippen molar-refractivity contribution in [2.75, 3.05) is 7.11 Å². The van der Waals surface area contributed by atoms with Gasteiger partial charge in [-0.1, -0.05) is 18.2 Å². The van der Waals surface area contributed by atoms with Crippen LogP contribution in [-0.4, -0.2) is 21.9 Å². The monoisotopic (exact) mass is 549 g/mol. The predicted octanol–water partition coefficient (Wildman–Crippen LogP) is 4.12. The Morgan fingerprint density at radius 1 is 1.09 bits per heavy atom. The Balaban J connectivity index is 0.00000192. The predicted molar refractivity (Wildman–Crippen MR) is 89.4 cm³/mol. The molecule has 23 heavy (non-hydrogen) atoms. The van der Waals surface area contributed by atoms with E-state index in [-0.39, 0.29) is 20.1 Å². The Bertz CT molecular complexity index is 795. The molecule has 0 fully saturated rings. The SMILES string of the molecule is COc1c[c-]c(-c2nnc(Br)n2-c2c(C)cccc2C)cc1.[Ir]. The number of hydrogen-bond acceptors (Lipinski definition) is 3. The van der Waals surface area contributed by atoms with Gasteiger partial charge in [-0.3, -0.25) is 0 Å². The first-order chi connectivity index (χ1) is 10.6. The molecule has 0 N–H and O–H groups in total. The molecule has 121 valence electrons. The van der Waals surface area contributed by atoms with Crippen molar-refractivity contribution in [1.29, 1.82) is 0 Å². The smallest absolute Gasteiger partial charge is 0.195 e. The molecule has 3 rings (SSSR count). The van der Waals surface area contributed by atoms with Gasteiger partial charge in [0.05, 0.1) is 12.9 Å². The second-order valence-electron chi connectivity index (χ2n) is 5.01. The quantitative estimate of drug-likeness (QED) is 0.462. The molecule has 1 heterocycles. The Morgan fingerprint density at radius 3 is 2.35 bits per heavy atom. The van der Waals surface area contributed by atoms with Gasteiger partial charge in [0.1, 0.15) is 0 Å². The molecule has 0 aliphatic rings. The fourth-order valence-electron chi connectivity index (χ4n) is 2.47. The number of halogens is 1. The van der Waals surface area contributed by atoms with E-state index in [1.165, 1.54) is 0 Å². The first-order valence-electron chi connectivity index (χ1n) is 6.85. The molecule has 0 spiro atoms. The first kappa shape index (κ1) is 17.9. The van der Waals surface area contributed by atoms with Crippen LogP contribution in [0.1, 0.15) is 11.1 Å². The van der Waals surface area contributed by atoms with E-state index in [1.54, 1.807) is 13.2 Å². The molecule has 0 aliphatic carbocycles. The van der Waals surface area contributed by atoms with Crippen molar-refractivity contribution in [3.8, 4) is 22.8 Å². The van der Waals surface area contributed by atoms with Crippen molar-refractivity contribution in [2.24, 2.45) is 0 Å². The number of aromatic nitrogens is 3. The molecule has 0 amide bonds. The van der Waals surface area contributed by atoms with Crippen molar-refractivity contribution in [3.05, 3.63) is 58.3 Å². The zero-order valence-electron chi connectivity index (χ0n) is 12.9. The van der Waals surface area contributed by atoms with E-state index in [0.717, 1.165) is 34.0 Å². The van der Waals surface area contributed by atoms with Crippen molar-refractivity contribution < 1.29 is 24.8 Å². The number of aryl methyl sites for hydroxylation is 2. The second kappa shape index (κ2) is 7.39. The van der Waals surface area contributed by atoms with Crippen molar-refractivity contribution in [3.63, 3.8) is 0 Å². The van der Waals surface area contributed by atoms with Crippen LogP contribution < -0.4 is 4.74 Å². The number of rotatable bonds is 3. The van der Waals surface area contributed by atoms with E-state index in [1.807, 2.05) is 22.8 Å². The Kier molecular flexibility index (Phi) is 5.73. The van der Waals surface area contributed by atoms with E-state index in [4.69, 9.17) is 4.74 Å². The zero-order valence-corrected chi connectivity index (χ0v) is 16.9.